The maximum atomic E-state index is 6.45. The summed E-state index contributed by atoms with van der Waals surface area (Å²) in [6.07, 6.45) is 0. The maximum absolute atomic E-state index is 6.45. The minimum absolute atomic E-state index is 0.229. The molecule has 1 N–H and O–H groups in total. The molecule has 0 spiro atoms. The van der Waals surface area contributed by atoms with Gasteiger partial charge in [0.05, 0.1) is 22.2 Å². The van der Waals surface area contributed by atoms with Crippen LogP contribution < -0.4 is 14.8 Å². The van der Waals surface area contributed by atoms with Crippen LogP contribution in [0.15, 0.2) is 48.5 Å². The van der Waals surface area contributed by atoms with Gasteiger partial charge in [-0.1, -0.05) is 64.1 Å². The number of ether oxygens (including phenoxy) is 2. The van der Waals surface area contributed by atoms with Crippen molar-refractivity contribution in [1.29, 1.82) is 0 Å². The van der Waals surface area contributed by atoms with Crippen molar-refractivity contribution >= 4 is 63.7 Å². The summed E-state index contributed by atoms with van der Waals surface area (Å²) in [4.78, 5) is 0. The number of hydrogen-bond acceptors (Lipinski definition) is 3. The number of anilines is 1. The molecular formula is C21H16Cl5NO2. The highest BCUT2D eigenvalue weighted by Crippen LogP contribution is 2.37. The minimum atomic E-state index is 0.229. The van der Waals surface area contributed by atoms with E-state index in [9.17, 15) is 0 Å². The second-order valence-electron chi connectivity index (χ2n) is 6.12. The van der Waals surface area contributed by atoms with E-state index in [-0.39, 0.29) is 6.61 Å². The quantitative estimate of drug-likeness (QED) is 0.362. The van der Waals surface area contributed by atoms with Gasteiger partial charge in [0.15, 0.2) is 11.5 Å². The Hall–Kier alpha value is -1.49. The van der Waals surface area contributed by atoms with Crippen LogP contribution in [0.25, 0.3) is 0 Å². The predicted molar refractivity (Wildman–Crippen MR) is 123 cm³/mol. The smallest absolute Gasteiger partial charge is 0.180 e. The minimum Gasteiger partial charge on any atom is -0.493 e. The van der Waals surface area contributed by atoms with Crippen LogP contribution in [0.5, 0.6) is 11.5 Å². The van der Waals surface area contributed by atoms with E-state index in [2.05, 4.69) is 5.32 Å². The van der Waals surface area contributed by atoms with E-state index in [0.29, 0.717) is 43.2 Å². The van der Waals surface area contributed by atoms with Crippen LogP contribution in [0.2, 0.25) is 25.1 Å². The van der Waals surface area contributed by atoms with Gasteiger partial charge in [0.25, 0.3) is 0 Å². The fraction of sp³-hybridized carbons (Fsp3) is 0.143. The lowest BCUT2D eigenvalue weighted by Crippen LogP contribution is -2.03. The number of rotatable bonds is 7. The zero-order valence-electron chi connectivity index (χ0n) is 15.2. The summed E-state index contributed by atoms with van der Waals surface area (Å²) in [5, 5.41) is 5.77. The fourth-order valence-electron chi connectivity index (χ4n) is 2.61. The molecule has 0 saturated carbocycles. The first kappa shape index (κ1) is 22.2. The van der Waals surface area contributed by atoms with E-state index < -0.39 is 0 Å². The molecule has 152 valence electrons. The van der Waals surface area contributed by atoms with E-state index in [1.807, 2.05) is 18.2 Å². The van der Waals surface area contributed by atoms with Crippen molar-refractivity contribution in [2.45, 2.75) is 13.2 Å². The van der Waals surface area contributed by atoms with Gasteiger partial charge in [-0.3, -0.25) is 0 Å². The largest absolute Gasteiger partial charge is 0.493 e. The van der Waals surface area contributed by atoms with Crippen LogP contribution >= 0.6 is 58.0 Å². The molecule has 0 radical (unpaired) electrons. The lowest BCUT2D eigenvalue weighted by atomic mass is 10.2. The summed E-state index contributed by atoms with van der Waals surface area (Å²) in [7, 11) is 1.56. The number of hydrogen-bond donors (Lipinski definition) is 1. The van der Waals surface area contributed by atoms with Crippen LogP contribution in [0.1, 0.15) is 11.1 Å². The lowest BCUT2D eigenvalue weighted by Gasteiger charge is -2.15. The summed E-state index contributed by atoms with van der Waals surface area (Å²) < 4.78 is 11.3. The standard InChI is InChI=1S/C21H16Cl5NO2/c1-28-20-7-12(10-27-15-4-5-16(23)18(25)9-15)6-19(26)21(20)29-11-13-2-3-14(22)8-17(13)24/h2-9,27H,10-11H2,1H3. The summed E-state index contributed by atoms with van der Waals surface area (Å²) >= 11 is 30.6. The monoisotopic (exact) mass is 489 g/mol. The average Bonchev–Trinajstić information content (AvgIpc) is 2.69. The Morgan fingerprint density at radius 1 is 0.793 bits per heavy atom. The molecule has 3 aromatic rings. The van der Waals surface area contributed by atoms with Gasteiger partial charge in [-0.2, -0.15) is 0 Å². The molecule has 3 nitrogen and oxygen atoms in total. The average molecular weight is 492 g/mol. The van der Waals surface area contributed by atoms with Crippen molar-refractivity contribution in [3.8, 4) is 11.5 Å². The normalized spacial score (nSPS) is 10.7. The molecule has 0 aliphatic carbocycles. The molecule has 0 bridgehead atoms. The van der Waals surface area contributed by atoms with Crippen molar-refractivity contribution < 1.29 is 9.47 Å². The summed E-state index contributed by atoms with van der Waals surface area (Å²) in [5.41, 5.74) is 2.54. The molecule has 3 rings (SSSR count). The molecule has 0 saturated heterocycles. The van der Waals surface area contributed by atoms with Crippen LogP contribution in [0.4, 0.5) is 5.69 Å². The Kier molecular flexibility index (Phi) is 7.66. The number of methoxy groups -OCH3 is 1. The third-order valence-corrected chi connectivity index (χ3v) is 5.70. The Morgan fingerprint density at radius 2 is 1.59 bits per heavy atom. The third-order valence-electron chi connectivity index (χ3n) is 4.09. The van der Waals surface area contributed by atoms with Gasteiger partial charge in [-0.05, 0) is 48.0 Å². The molecule has 8 heteroatoms. The predicted octanol–water partition coefficient (Wildman–Crippen LogP) is 8.15. The van der Waals surface area contributed by atoms with Crippen LogP contribution in [-0.2, 0) is 13.2 Å². The van der Waals surface area contributed by atoms with E-state index in [1.54, 1.807) is 37.4 Å². The highest BCUT2D eigenvalue weighted by atomic mass is 35.5. The van der Waals surface area contributed by atoms with Crippen molar-refractivity contribution in [2.24, 2.45) is 0 Å². The molecule has 0 aliphatic heterocycles. The summed E-state index contributed by atoms with van der Waals surface area (Å²) in [6, 6.07) is 14.2. The van der Waals surface area contributed by atoms with Crippen molar-refractivity contribution in [3.05, 3.63) is 84.8 Å². The van der Waals surface area contributed by atoms with Crippen LogP contribution in [0, 0.1) is 0 Å². The SMILES string of the molecule is COc1cc(CNc2ccc(Cl)c(Cl)c2)cc(Cl)c1OCc1ccc(Cl)cc1Cl. The molecule has 0 unspecified atom stereocenters. The van der Waals surface area contributed by atoms with E-state index >= 15 is 0 Å². The molecule has 0 aliphatic rings. The Bertz CT molecular complexity index is 1030. The molecule has 3 aromatic carbocycles. The van der Waals surface area contributed by atoms with Crippen molar-refractivity contribution in [3.63, 3.8) is 0 Å². The van der Waals surface area contributed by atoms with Gasteiger partial charge in [0.2, 0.25) is 0 Å². The second-order valence-corrected chi connectivity index (χ2v) is 8.18. The van der Waals surface area contributed by atoms with Gasteiger partial charge in [-0.15, -0.1) is 0 Å². The van der Waals surface area contributed by atoms with Gasteiger partial charge in [-0.25, -0.2) is 0 Å². The highest BCUT2D eigenvalue weighted by molar-refractivity contribution is 6.42. The van der Waals surface area contributed by atoms with E-state index in [0.717, 1.165) is 16.8 Å². The first-order valence-electron chi connectivity index (χ1n) is 8.49. The first-order valence-corrected chi connectivity index (χ1v) is 10.4. The molecule has 0 heterocycles. The van der Waals surface area contributed by atoms with E-state index in [1.165, 1.54) is 0 Å². The number of benzene rings is 3. The molecule has 0 atom stereocenters. The zero-order chi connectivity index (χ0) is 21.0. The zero-order valence-corrected chi connectivity index (χ0v) is 19.0. The van der Waals surface area contributed by atoms with Gasteiger partial charge in [0, 0.05) is 27.8 Å². The summed E-state index contributed by atoms with van der Waals surface area (Å²) in [5.74, 6) is 0.965. The Labute approximate surface area is 194 Å². The molecule has 0 aromatic heterocycles. The summed E-state index contributed by atoms with van der Waals surface area (Å²) in [6.45, 7) is 0.740. The maximum Gasteiger partial charge on any atom is 0.180 e. The lowest BCUT2D eigenvalue weighted by molar-refractivity contribution is 0.284. The first-order chi connectivity index (χ1) is 13.9. The molecular weight excluding hydrogens is 476 g/mol. The van der Waals surface area contributed by atoms with Gasteiger partial charge in [0.1, 0.15) is 6.61 Å². The van der Waals surface area contributed by atoms with Crippen molar-refractivity contribution in [2.75, 3.05) is 12.4 Å². The molecule has 0 fully saturated rings. The topological polar surface area (TPSA) is 30.5 Å². The third kappa shape index (κ3) is 5.78. The van der Waals surface area contributed by atoms with Gasteiger partial charge >= 0.3 is 0 Å². The fourth-order valence-corrected chi connectivity index (χ4v) is 3.66. The highest BCUT2D eigenvalue weighted by Gasteiger charge is 2.13. The molecule has 0 amide bonds. The molecule has 29 heavy (non-hydrogen) atoms. The Morgan fingerprint density at radius 3 is 2.28 bits per heavy atom. The second kappa shape index (κ2) is 10.0. The van der Waals surface area contributed by atoms with Crippen LogP contribution in [0.3, 0.4) is 0 Å². The Balaban J connectivity index is 1.73. The van der Waals surface area contributed by atoms with E-state index in [4.69, 9.17) is 67.5 Å². The van der Waals surface area contributed by atoms with Gasteiger partial charge < -0.3 is 14.8 Å². The van der Waals surface area contributed by atoms with Crippen molar-refractivity contribution in [1.82, 2.24) is 0 Å². The number of halogens is 5. The number of nitrogens with one attached hydrogen (secondary N) is 1. The van der Waals surface area contributed by atoms with Crippen LogP contribution in [-0.4, -0.2) is 7.11 Å².